The molecule has 2 aromatic carbocycles. The lowest BCUT2D eigenvalue weighted by molar-refractivity contribution is 0.242. The number of methoxy groups -OCH3 is 2. The van der Waals surface area contributed by atoms with Crippen molar-refractivity contribution in [2.24, 2.45) is 0 Å². The molecular weight excluding hydrogens is 304 g/mol. The van der Waals surface area contributed by atoms with Gasteiger partial charge in [0, 0.05) is 17.2 Å². The lowest BCUT2D eigenvalue weighted by atomic mass is 9.95. The molecule has 0 saturated carbocycles. The number of para-hydroxylation sites is 1. The highest BCUT2D eigenvalue weighted by Gasteiger charge is 2.25. The minimum Gasteiger partial charge on any atom is -0.507 e. The van der Waals surface area contributed by atoms with Crippen molar-refractivity contribution in [1.29, 1.82) is 0 Å². The zero-order chi connectivity index (χ0) is 17.1. The van der Waals surface area contributed by atoms with Crippen LogP contribution in [0.2, 0.25) is 0 Å². The molecule has 0 unspecified atom stereocenters. The van der Waals surface area contributed by atoms with E-state index in [2.05, 4.69) is 6.58 Å². The monoisotopic (exact) mass is 324 g/mol. The van der Waals surface area contributed by atoms with Gasteiger partial charge in [0.2, 0.25) is 0 Å². The van der Waals surface area contributed by atoms with Crippen molar-refractivity contribution in [3.63, 3.8) is 0 Å². The number of fused-ring (bicyclic) bond motifs is 1. The van der Waals surface area contributed by atoms with Crippen LogP contribution in [0.25, 0.3) is 5.76 Å². The standard InChI is InChI=1S/C20H20O4/c1-4-7-14-13(10-11-18(22-2)20(14)23-3)19-12-16(21)15-8-5-6-9-17(15)24-19/h4-6,8-12,19,21H,1,7H2,2-3H3/t19-/m1/s1. The topological polar surface area (TPSA) is 47.9 Å². The van der Waals surface area contributed by atoms with E-state index in [4.69, 9.17) is 14.2 Å². The van der Waals surface area contributed by atoms with Crippen LogP contribution >= 0.6 is 0 Å². The van der Waals surface area contributed by atoms with Gasteiger partial charge in [0.25, 0.3) is 0 Å². The minimum atomic E-state index is -0.408. The average molecular weight is 324 g/mol. The third kappa shape index (κ3) is 2.71. The molecule has 3 rings (SSSR count). The Balaban J connectivity index is 2.10. The van der Waals surface area contributed by atoms with Gasteiger partial charge < -0.3 is 19.3 Å². The fourth-order valence-corrected chi connectivity index (χ4v) is 2.97. The van der Waals surface area contributed by atoms with Crippen molar-refractivity contribution in [2.75, 3.05) is 14.2 Å². The molecule has 1 atom stereocenters. The SMILES string of the molecule is C=CCc1c([C@H]2C=C(O)c3ccccc3O2)ccc(OC)c1OC. The van der Waals surface area contributed by atoms with Crippen LogP contribution in [-0.4, -0.2) is 19.3 Å². The first-order valence-electron chi connectivity index (χ1n) is 7.71. The Hall–Kier alpha value is -2.88. The van der Waals surface area contributed by atoms with E-state index in [1.54, 1.807) is 26.4 Å². The highest BCUT2D eigenvalue weighted by atomic mass is 16.5. The summed E-state index contributed by atoms with van der Waals surface area (Å²) in [5.41, 5.74) is 2.54. The average Bonchev–Trinajstić information content (AvgIpc) is 2.61. The van der Waals surface area contributed by atoms with E-state index in [0.717, 1.165) is 11.1 Å². The number of benzene rings is 2. The first-order valence-corrected chi connectivity index (χ1v) is 7.71. The molecular formula is C20H20O4. The van der Waals surface area contributed by atoms with Gasteiger partial charge in [-0.2, -0.15) is 0 Å². The molecule has 0 aliphatic carbocycles. The van der Waals surface area contributed by atoms with Crippen LogP contribution in [-0.2, 0) is 6.42 Å². The fourth-order valence-electron chi connectivity index (χ4n) is 2.97. The lowest BCUT2D eigenvalue weighted by Crippen LogP contribution is -2.14. The molecule has 0 radical (unpaired) electrons. The third-order valence-electron chi connectivity index (χ3n) is 4.07. The molecule has 24 heavy (non-hydrogen) atoms. The zero-order valence-electron chi connectivity index (χ0n) is 13.8. The summed E-state index contributed by atoms with van der Waals surface area (Å²) in [4.78, 5) is 0. The highest BCUT2D eigenvalue weighted by Crippen LogP contribution is 2.41. The second-order valence-corrected chi connectivity index (χ2v) is 5.45. The van der Waals surface area contributed by atoms with Gasteiger partial charge in [-0.3, -0.25) is 0 Å². The third-order valence-corrected chi connectivity index (χ3v) is 4.07. The van der Waals surface area contributed by atoms with Gasteiger partial charge in [0.05, 0.1) is 19.8 Å². The zero-order valence-corrected chi connectivity index (χ0v) is 13.8. The first-order chi connectivity index (χ1) is 11.7. The van der Waals surface area contributed by atoms with Gasteiger partial charge in [0.15, 0.2) is 11.5 Å². The molecule has 1 N–H and O–H groups in total. The summed E-state index contributed by atoms with van der Waals surface area (Å²) >= 11 is 0. The van der Waals surface area contributed by atoms with Crippen LogP contribution < -0.4 is 14.2 Å². The Morgan fingerprint density at radius 1 is 1.17 bits per heavy atom. The number of aliphatic hydroxyl groups excluding tert-OH is 1. The van der Waals surface area contributed by atoms with Gasteiger partial charge in [-0.1, -0.05) is 24.3 Å². The predicted molar refractivity (Wildman–Crippen MR) is 93.9 cm³/mol. The molecule has 0 amide bonds. The van der Waals surface area contributed by atoms with Crippen LogP contribution in [0.1, 0.15) is 22.8 Å². The van der Waals surface area contributed by atoms with E-state index in [1.807, 2.05) is 36.4 Å². The molecule has 1 aliphatic rings. The number of rotatable bonds is 5. The molecule has 0 aromatic heterocycles. The van der Waals surface area contributed by atoms with Crippen molar-refractivity contribution >= 4 is 5.76 Å². The maximum absolute atomic E-state index is 10.3. The van der Waals surface area contributed by atoms with Gasteiger partial charge in [-0.25, -0.2) is 0 Å². The van der Waals surface area contributed by atoms with Crippen LogP contribution in [0.4, 0.5) is 0 Å². The van der Waals surface area contributed by atoms with Crippen LogP contribution in [0.3, 0.4) is 0 Å². The number of ether oxygens (including phenoxy) is 3. The maximum Gasteiger partial charge on any atom is 0.164 e. The molecule has 1 heterocycles. The molecule has 0 bridgehead atoms. The second-order valence-electron chi connectivity index (χ2n) is 5.45. The quantitative estimate of drug-likeness (QED) is 0.825. The molecule has 2 aromatic rings. The summed E-state index contributed by atoms with van der Waals surface area (Å²) in [5, 5.41) is 10.3. The van der Waals surface area contributed by atoms with E-state index >= 15 is 0 Å². The van der Waals surface area contributed by atoms with E-state index < -0.39 is 6.10 Å². The van der Waals surface area contributed by atoms with Crippen molar-refractivity contribution in [3.05, 3.63) is 71.8 Å². The Labute approximate surface area is 141 Å². The van der Waals surface area contributed by atoms with E-state index in [0.29, 0.717) is 29.2 Å². The van der Waals surface area contributed by atoms with Gasteiger partial charge in [-0.15, -0.1) is 6.58 Å². The Morgan fingerprint density at radius 3 is 2.67 bits per heavy atom. The Bertz CT molecular complexity index is 792. The highest BCUT2D eigenvalue weighted by molar-refractivity contribution is 5.68. The summed E-state index contributed by atoms with van der Waals surface area (Å²) < 4.78 is 17.0. The normalized spacial score (nSPS) is 15.8. The second kappa shape index (κ2) is 6.71. The molecule has 0 spiro atoms. The number of hydrogen-bond acceptors (Lipinski definition) is 4. The van der Waals surface area contributed by atoms with Crippen LogP contribution in [0.5, 0.6) is 17.2 Å². The molecule has 0 saturated heterocycles. The molecule has 4 heteroatoms. The number of allylic oxidation sites excluding steroid dienone is 1. The van der Waals surface area contributed by atoms with Gasteiger partial charge in [-0.05, 0) is 24.6 Å². The number of hydrogen-bond donors (Lipinski definition) is 1. The van der Waals surface area contributed by atoms with Crippen molar-refractivity contribution in [2.45, 2.75) is 12.5 Å². The minimum absolute atomic E-state index is 0.209. The van der Waals surface area contributed by atoms with Crippen molar-refractivity contribution < 1.29 is 19.3 Å². The lowest BCUT2D eigenvalue weighted by Gasteiger charge is -2.26. The summed E-state index contributed by atoms with van der Waals surface area (Å²) in [6.07, 6.45) is 3.71. The summed E-state index contributed by atoms with van der Waals surface area (Å²) in [6.45, 7) is 3.82. The molecule has 4 nitrogen and oxygen atoms in total. The summed E-state index contributed by atoms with van der Waals surface area (Å²) in [6, 6.07) is 11.2. The van der Waals surface area contributed by atoms with Crippen molar-refractivity contribution in [1.82, 2.24) is 0 Å². The van der Waals surface area contributed by atoms with Gasteiger partial charge >= 0.3 is 0 Å². The largest absolute Gasteiger partial charge is 0.507 e. The van der Waals surface area contributed by atoms with Crippen LogP contribution in [0.15, 0.2) is 55.1 Å². The Morgan fingerprint density at radius 2 is 1.96 bits per heavy atom. The summed E-state index contributed by atoms with van der Waals surface area (Å²) in [5.74, 6) is 2.18. The van der Waals surface area contributed by atoms with E-state index in [1.165, 1.54) is 0 Å². The predicted octanol–water partition coefficient (Wildman–Crippen LogP) is 4.46. The number of aliphatic hydroxyl groups is 1. The Kier molecular flexibility index (Phi) is 4.47. The van der Waals surface area contributed by atoms with E-state index in [9.17, 15) is 5.11 Å². The first kappa shape index (κ1) is 16.0. The van der Waals surface area contributed by atoms with Crippen molar-refractivity contribution in [3.8, 4) is 17.2 Å². The van der Waals surface area contributed by atoms with E-state index in [-0.39, 0.29) is 5.76 Å². The fraction of sp³-hybridized carbons (Fsp3) is 0.200. The maximum atomic E-state index is 10.3. The molecule has 1 aliphatic heterocycles. The molecule has 124 valence electrons. The van der Waals surface area contributed by atoms with Crippen LogP contribution in [0, 0.1) is 0 Å². The summed E-state index contributed by atoms with van der Waals surface area (Å²) in [7, 11) is 3.22. The van der Waals surface area contributed by atoms with Gasteiger partial charge in [0.1, 0.15) is 17.6 Å². The smallest absolute Gasteiger partial charge is 0.164 e. The molecule has 0 fully saturated rings.